The standard InChI is InChI=1S/C12H10Br2F2N2/c13-5-9-6-17-18(11(9)12(15)16)7-8-1-3-10(14)4-2-8/h1-4,6,12H,5,7H2. The van der Waals surface area contributed by atoms with Crippen molar-refractivity contribution in [2.45, 2.75) is 18.3 Å². The molecule has 1 aromatic carbocycles. The van der Waals surface area contributed by atoms with Gasteiger partial charge in [-0.2, -0.15) is 5.10 Å². The molecule has 1 aromatic heterocycles. The van der Waals surface area contributed by atoms with Crippen molar-refractivity contribution in [2.75, 3.05) is 0 Å². The molecule has 0 saturated carbocycles. The molecule has 0 bridgehead atoms. The number of halogens is 4. The van der Waals surface area contributed by atoms with E-state index in [0.717, 1.165) is 10.0 Å². The van der Waals surface area contributed by atoms with Crippen LogP contribution in [0, 0.1) is 0 Å². The zero-order valence-corrected chi connectivity index (χ0v) is 12.5. The fourth-order valence-electron chi connectivity index (χ4n) is 1.68. The van der Waals surface area contributed by atoms with Gasteiger partial charge < -0.3 is 0 Å². The Morgan fingerprint density at radius 3 is 2.44 bits per heavy atom. The third-order valence-corrected chi connectivity index (χ3v) is 3.69. The van der Waals surface area contributed by atoms with Gasteiger partial charge in [-0.05, 0) is 17.7 Å². The molecular weight excluding hydrogens is 370 g/mol. The van der Waals surface area contributed by atoms with Gasteiger partial charge in [0.05, 0.1) is 12.7 Å². The topological polar surface area (TPSA) is 17.8 Å². The molecule has 2 aromatic rings. The zero-order chi connectivity index (χ0) is 13.1. The van der Waals surface area contributed by atoms with Gasteiger partial charge >= 0.3 is 0 Å². The third-order valence-electron chi connectivity index (χ3n) is 2.56. The number of nitrogens with zero attached hydrogens (tertiary/aromatic N) is 2. The number of alkyl halides is 3. The molecule has 0 radical (unpaired) electrons. The molecule has 6 heteroatoms. The lowest BCUT2D eigenvalue weighted by atomic mass is 10.2. The molecule has 0 atom stereocenters. The first-order valence-electron chi connectivity index (χ1n) is 5.25. The third kappa shape index (κ3) is 2.98. The molecule has 2 rings (SSSR count). The van der Waals surface area contributed by atoms with Gasteiger partial charge in [0.25, 0.3) is 6.43 Å². The van der Waals surface area contributed by atoms with Crippen molar-refractivity contribution in [1.82, 2.24) is 9.78 Å². The lowest BCUT2D eigenvalue weighted by molar-refractivity contribution is 0.139. The summed E-state index contributed by atoms with van der Waals surface area (Å²) in [5, 5.41) is 4.40. The van der Waals surface area contributed by atoms with Crippen LogP contribution in [0.5, 0.6) is 0 Å². The SMILES string of the molecule is FC(F)c1c(CBr)cnn1Cc1ccc(Br)cc1. The van der Waals surface area contributed by atoms with Gasteiger partial charge in [-0.25, -0.2) is 8.78 Å². The van der Waals surface area contributed by atoms with Crippen LogP contribution in [-0.4, -0.2) is 9.78 Å². The van der Waals surface area contributed by atoms with E-state index in [2.05, 4.69) is 37.0 Å². The van der Waals surface area contributed by atoms with Gasteiger partial charge in [-0.3, -0.25) is 4.68 Å². The van der Waals surface area contributed by atoms with Gasteiger partial charge in [-0.15, -0.1) is 0 Å². The molecule has 0 amide bonds. The van der Waals surface area contributed by atoms with Crippen molar-refractivity contribution >= 4 is 31.9 Å². The second kappa shape index (κ2) is 5.93. The van der Waals surface area contributed by atoms with Gasteiger partial charge in [0.15, 0.2) is 0 Å². The quantitative estimate of drug-likeness (QED) is 0.714. The highest BCUT2D eigenvalue weighted by Crippen LogP contribution is 2.25. The van der Waals surface area contributed by atoms with E-state index in [1.807, 2.05) is 24.3 Å². The molecule has 0 aliphatic rings. The monoisotopic (exact) mass is 378 g/mol. The molecule has 96 valence electrons. The van der Waals surface area contributed by atoms with E-state index < -0.39 is 6.43 Å². The van der Waals surface area contributed by atoms with E-state index in [0.29, 0.717) is 17.4 Å². The maximum atomic E-state index is 13.0. The molecule has 0 N–H and O–H groups in total. The van der Waals surface area contributed by atoms with Crippen LogP contribution in [0.2, 0.25) is 0 Å². The first-order valence-corrected chi connectivity index (χ1v) is 7.16. The zero-order valence-electron chi connectivity index (χ0n) is 9.28. The summed E-state index contributed by atoms with van der Waals surface area (Å²) in [5.41, 5.74) is 1.45. The maximum absolute atomic E-state index is 13.0. The maximum Gasteiger partial charge on any atom is 0.280 e. The smallest absolute Gasteiger partial charge is 0.259 e. The predicted octanol–water partition coefficient (Wildman–Crippen LogP) is 4.53. The van der Waals surface area contributed by atoms with Crippen LogP contribution < -0.4 is 0 Å². The molecule has 1 heterocycles. The molecule has 0 unspecified atom stereocenters. The molecular formula is C12H10Br2F2N2. The average molecular weight is 380 g/mol. The van der Waals surface area contributed by atoms with Crippen molar-refractivity contribution < 1.29 is 8.78 Å². The van der Waals surface area contributed by atoms with E-state index >= 15 is 0 Å². The number of hydrogen-bond acceptors (Lipinski definition) is 1. The molecule has 0 fully saturated rings. The Morgan fingerprint density at radius 2 is 1.89 bits per heavy atom. The Morgan fingerprint density at radius 1 is 1.22 bits per heavy atom. The van der Waals surface area contributed by atoms with Gasteiger partial charge in [0, 0.05) is 15.4 Å². The number of aromatic nitrogens is 2. The van der Waals surface area contributed by atoms with Gasteiger partial charge in [-0.1, -0.05) is 44.0 Å². The minimum absolute atomic E-state index is 0.0187. The van der Waals surface area contributed by atoms with E-state index in [9.17, 15) is 8.78 Å². The number of benzene rings is 1. The van der Waals surface area contributed by atoms with Crippen molar-refractivity contribution in [2.24, 2.45) is 0 Å². The van der Waals surface area contributed by atoms with Crippen LogP contribution in [0.25, 0.3) is 0 Å². The van der Waals surface area contributed by atoms with Crippen molar-refractivity contribution in [3.63, 3.8) is 0 Å². The Balaban J connectivity index is 2.28. The second-order valence-corrected chi connectivity index (χ2v) is 5.25. The van der Waals surface area contributed by atoms with E-state index in [1.54, 1.807) is 0 Å². The van der Waals surface area contributed by atoms with Crippen LogP contribution in [0.15, 0.2) is 34.9 Å². The van der Waals surface area contributed by atoms with Gasteiger partial charge in [0.2, 0.25) is 0 Å². The first-order chi connectivity index (χ1) is 8.61. The Bertz CT molecular complexity index is 523. The molecule has 18 heavy (non-hydrogen) atoms. The van der Waals surface area contributed by atoms with E-state index in [1.165, 1.54) is 10.9 Å². The summed E-state index contributed by atoms with van der Waals surface area (Å²) in [5.74, 6) is 0. The number of hydrogen-bond donors (Lipinski definition) is 0. The highest BCUT2D eigenvalue weighted by atomic mass is 79.9. The number of rotatable bonds is 4. The van der Waals surface area contributed by atoms with Crippen molar-refractivity contribution in [3.05, 3.63) is 51.8 Å². The van der Waals surface area contributed by atoms with Crippen LogP contribution >= 0.6 is 31.9 Å². The van der Waals surface area contributed by atoms with E-state index in [4.69, 9.17) is 0 Å². The Labute approximate surface area is 120 Å². The summed E-state index contributed by atoms with van der Waals surface area (Å²) >= 11 is 6.53. The summed E-state index contributed by atoms with van der Waals surface area (Å²) in [6.45, 7) is 0.347. The predicted molar refractivity (Wildman–Crippen MR) is 73.1 cm³/mol. The molecule has 0 spiro atoms. The lowest BCUT2D eigenvalue weighted by Gasteiger charge is -2.08. The van der Waals surface area contributed by atoms with Crippen LogP contribution in [-0.2, 0) is 11.9 Å². The van der Waals surface area contributed by atoms with Crippen LogP contribution in [0.1, 0.15) is 23.2 Å². The van der Waals surface area contributed by atoms with E-state index in [-0.39, 0.29) is 5.69 Å². The fourth-order valence-corrected chi connectivity index (χ4v) is 2.37. The largest absolute Gasteiger partial charge is 0.280 e. The normalized spacial score (nSPS) is 11.2. The van der Waals surface area contributed by atoms with Crippen LogP contribution in [0.3, 0.4) is 0 Å². The summed E-state index contributed by atoms with van der Waals surface area (Å²) in [6.07, 6.45) is -1.04. The van der Waals surface area contributed by atoms with Gasteiger partial charge in [0.1, 0.15) is 5.69 Å². The van der Waals surface area contributed by atoms with Crippen LogP contribution in [0.4, 0.5) is 8.78 Å². The molecule has 0 aliphatic heterocycles. The fraction of sp³-hybridized carbons (Fsp3) is 0.250. The summed E-state index contributed by atoms with van der Waals surface area (Å²) < 4.78 is 28.3. The summed E-state index contributed by atoms with van der Waals surface area (Å²) in [6, 6.07) is 7.53. The molecule has 2 nitrogen and oxygen atoms in total. The highest BCUT2D eigenvalue weighted by Gasteiger charge is 2.19. The highest BCUT2D eigenvalue weighted by molar-refractivity contribution is 9.10. The minimum Gasteiger partial charge on any atom is -0.259 e. The Kier molecular flexibility index (Phi) is 4.50. The summed E-state index contributed by atoms with van der Waals surface area (Å²) in [7, 11) is 0. The van der Waals surface area contributed by atoms with Crippen molar-refractivity contribution in [3.8, 4) is 0 Å². The molecule has 0 aliphatic carbocycles. The minimum atomic E-state index is -2.52. The average Bonchev–Trinajstić information content (AvgIpc) is 2.75. The van der Waals surface area contributed by atoms with Crippen molar-refractivity contribution in [1.29, 1.82) is 0 Å². The lowest BCUT2D eigenvalue weighted by Crippen LogP contribution is -2.07. The Hall–Kier alpha value is -0.750. The summed E-state index contributed by atoms with van der Waals surface area (Å²) in [4.78, 5) is 0. The second-order valence-electron chi connectivity index (χ2n) is 3.77. The molecule has 0 saturated heterocycles. The first kappa shape index (κ1) is 13.7.